The maximum Gasteiger partial charge on any atom is 0.255 e. The highest BCUT2D eigenvalue weighted by Gasteiger charge is 2.58. The van der Waals surface area contributed by atoms with Crippen LogP contribution in [0.5, 0.6) is 5.75 Å². The van der Waals surface area contributed by atoms with Gasteiger partial charge in [0, 0.05) is 41.6 Å². The van der Waals surface area contributed by atoms with E-state index in [0.717, 1.165) is 0 Å². The number of fused-ring (bicyclic) bond motifs is 3. The summed E-state index contributed by atoms with van der Waals surface area (Å²) in [6.07, 6.45) is 1.13. The summed E-state index contributed by atoms with van der Waals surface area (Å²) in [4.78, 5) is 38.2. The zero-order chi connectivity index (χ0) is 26.0. The Bertz CT molecular complexity index is 1290. The Morgan fingerprint density at radius 3 is 2.49 bits per heavy atom. The highest BCUT2D eigenvalue weighted by atomic mass is 35.5. The minimum atomic E-state index is -2.62. The van der Waals surface area contributed by atoms with Gasteiger partial charge in [-0.3, -0.25) is 14.4 Å². The van der Waals surface area contributed by atoms with E-state index in [1.165, 1.54) is 6.08 Å². The minimum absolute atomic E-state index is 0.0229. The molecule has 3 aliphatic rings. The van der Waals surface area contributed by atoms with E-state index >= 15 is 0 Å². The van der Waals surface area contributed by atoms with E-state index in [0.29, 0.717) is 12.1 Å². The SMILES string of the molecule is CC(C)(C)CNCc1cc(Cl)c2c(c1O)C(=O)C1=C(O)[C@]3(O)C(=O)C(C(N)=O)=C(O)C[C@@H]3CC1=C2. The number of ketones is 2. The summed E-state index contributed by atoms with van der Waals surface area (Å²) in [5, 5.41) is 46.8. The Kier molecular flexibility index (Phi) is 5.86. The standard InChI is InChI=1S/C25H27ClN2O7/c1-24(2,3)9-28-8-11-6-14(26)13-5-10-4-12-7-15(29)18(23(27)34)22(33)25(12,35)21(32)16(10)20(31)17(13)19(11)30/h5-6,12,28-30,32,35H,4,7-9H2,1-3H3,(H2,27,34)/t12-,25-/m0/s1. The van der Waals surface area contributed by atoms with Crippen LogP contribution in [0.4, 0.5) is 0 Å². The number of nitrogens with two attached hydrogens (primary N) is 1. The number of phenolic OH excluding ortho intramolecular Hbond substituents is 1. The molecule has 0 aromatic heterocycles. The lowest BCUT2D eigenvalue weighted by Crippen LogP contribution is -2.55. The van der Waals surface area contributed by atoms with Gasteiger partial charge in [-0.25, -0.2) is 0 Å². The molecule has 35 heavy (non-hydrogen) atoms. The molecule has 0 aliphatic heterocycles. The third-order valence-electron chi connectivity index (χ3n) is 6.64. The number of rotatable bonds is 4. The molecule has 4 rings (SSSR count). The van der Waals surface area contributed by atoms with Crippen LogP contribution in [0.2, 0.25) is 5.02 Å². The zero-order valence-electron chi connectivity index (χ0n) is 19.5. The first-order chi connectivity index (χ1) is 16.2. The fourth-order valence-electron chi connectivity index (χ4n) is 4.94. The van der Waals surface area contributed by atoms with Crippen molar-refractivity contribution in [3.63, 3.8) is 0 Å². The normalized spacial score (nSPS) is 24.1. The molecule has 0 spiro atoms. The summed E-state index contributed by atoms with van der Waals surface area (Å²) in [6.45, 7) is 6.97. The monoisotopic (exact) mass is 502 g/mol. The average molecular weight is 503 g/mol. The third kappa shape index (κ3) is 3.84. The Hall–Kier alpha value is -3.14. The number of amides is 1. The molecule has 1 aromatic carbocycles. The second-order valence-electron chi connectivity index (χ2n) is 10.4. The van der Waals surface area contributed by atoms with Gasteiger partial charge in [-0.15, -0.1) is 0 Å². The van der Waals surface area contributed by atoms with Gasteiger partial charge in [-0.2, -0.15) is 0 Å². The number of allylic oxidation sites excluding steroid dienone is 3. The van der Waals surface area contributed by atoms with Crippen molar-refractivity contribution in [1.29, 1.82) is 0 Å². The van der Waals surface area contributed by atoms with Crippen molar-refractivity contribution < 1.29 is 34.8 Å². The first-order valence-electron chi connectivity index (χ1n) is 11.1. The molecule has 9 nitrogen and oxygen atoms in total. The van der Waals surface area contributed by atoms with E-state index in [2.05, 4.69) is 5.32 Å². The molecule has 186 valence electrons. The summed E-state index contributed by atoms with van der Waals surface area (Å²) >= 11 is 6.47. The number of primary amides is 1. The number of aromatic hydroxyl groups is 1. The third-order valence-corrected chi connectivity index (χ3v) is 6.95. The number of benzene rings is 1. The predicted octanol–water partition coefficient (Wildman–Crippen LogP) is 2.59. The van der Waals surface area contributed by atoms with Crippen LogP contribution in [0.15, 0.2) is 34.3 Å². The number of halogens is 1. The van der Waals surface area contributed by atoms with Crippen LogP contribution in [0.3, 0.4) is 0 Å². The van der Waals surface area contributed by atoms with Crippen LogP contribution < -0.4 is 11.1 Å². The summed E-state index contributed by atoms with van der Waals surface area (Å²) in [5.74, 6) is -6.24. The van der Waals surface area contributed by atoms with Crippen molar-refractivity contribution in [3.05, 3.63) is 56.0 Å². The van der Waals surface area contributed by atoms with Crippen LogP contribution in [-0.2, 0) is 16.1 Å². The predicted molar refractivity (Wildman–Crippen MR) is 128 cm³/mol. The number of Topliss-reactive ketones (excluding diaryl/α,β-unsaturated/α-hetero) is 2. The van der Waals surface area contributed by atoms with Gasteiger partial charge in [0.05, 0.1) is 11.1 Å². The van der Waals surface area contributed by atoms with Crippen molar-refractivity contribution >= 4 is 35.2 Å². The molecule has 3 aliphatic carbocycles. The summed E-state index contributed by atoms with van der Waals surface area (Å²) in [7, 11) is 0. The molecule has 0 fully saturated rings. The van der Waals surface area contributed by atoms with Gasteiger partial charge in [0.1, 0.15) is 22.8 Å². The number of hydrogen-bond acceptors (Lipinski definition) is 8. The van der Waals surface area contributed by atoms with E-state index in [9.17, 15) is 34.8 Å². The largest absolute Gasteiger partial charge is 0.511 e. The molecule has 1 aromatic rings. The van der Waals surface area contributed by atoms with Crippen LogP contribution in [0, 0.1) is 11.3 Å². The lowest BCUT2D eigenvalue weighted by molar-refractivity contribution is -0.142. The van der Waals surface area contributed by atoms with Crippen molar-refractivity contribution in [2.24, 2.45) is 17.1 Å². The van der Waals surface area contributed by atoms with E-state index in [1.807, 2.05) is 20.8 Å². The quantitative estimate of drug-likeness (QED) is 0.341. The molecular weight excluding hydrogens is 476 g/mol. The number of aliphatic hydroxyl groups is 3. The molecule has 7 N–H and O–H groups in total. The van der Waals surface area contributed by atoms with Gasteiger partial charge < -0.3 is 31.5 Å². The van der Waals surface area contributed by atoms with Crippen molar-refractivity contribution in [1.82, 2.24) is 5.32 Å². The van der Waals surface area contributed by atoms with Crippen LogP contribution in [0.1, 0.15) is 55.1 Å². The molecule has 0 saturated heterocycles. The van der Waals surface area contributed by atoms with E-state index < -0.39 is 46.1 Å². The van der Waals surface area contributed by atoms with Gasteiger partial charge in [0.2, 0.25) is 11.6 Å². The Labute approximate surface area is 206 Å². The molecule has 2 atom stereocenters. The van der Waals surface area contributed by atoms with Crippen LogP contribution in [0.25, 0.3) is 6.08 Å². The minimum Gasteiger partial charge on any atom is -0.511 e. The lowest BCUT2D eigenvalue weighted by atomic mass is 9.63. The molecule has 0 bridgehead atoms. The zero-order valence-corrected chi connectivity index (χ0v) is 20.3. The van der Waals surface area contributed by atoms with Gasteiger partial charge in [-0.05, 0) is 29.6 Å². The second kappa shape index (κ2) is 8.22. The van der Waals surface area contributed by atoms with Crippen molar-refractivity contribution in [3.8, 4) is 5.75 Å². The number of nitrogens with one attached hydrogen (secondary N) is 1. The Morgan fingerprint density at radius 1 is 1.23 bits per heavy atom. The Morgan fingerprint density at radius 2 is 1.89 bits per heavy atom. The maximum absolute atomic E-state index is 13.5. The van der Waals surface area contributed by atoms with E-state index in [-0.39, 0.29) is 57.8 Å². The van der Waals surface area contributed by atoms with Crippen molar-refractivity contribution in [2.75, 3.05) is 6.54 Å². The highest BCUT2D eigenvalue weighted by molar-refractivity contribution is 6.34. The number of carbonyl (C=O) groups is 3. The van der Waals surface area contributed by atoms with Gasteiger partial charge >= 0.3 is 0 Å². The first-order valence-corrected chi connectivity index (χ1v) is 11.5. The molecule has 10 heteroatoms. The highest BCUT2D eigenvalue weighted by Crippen LogP contribution is 2.51. The number of hydrogen-bond donors (Lipinski definition) is 6. The molecule has 0 radical (unpaired) electrons. The summed E-state index contributed by atoms with van der Waals surface area (Å²) < 4.78 is 0. The summed E-state index contributed by atoms with van der Waals surface area (Å²) in [6, 6.07) is 1.56. The molecule has 0 saturated carbocycles. The van der Waals surface area contributed by atoms with E-state index in [1.54, 1.807) is 6.07 Å². The Balaban J connectivity index is 1.82. The van der Waals surface area contributed by atoms with Crippen LogP contribution in [-0.4, -0.2) is 50.0 Å². The number of carbonyl (C=O) groups excluding carboxylic acids is 3. The number of phenols is 1. The smallest absolute Gasteiger partial charge is 0.255 e. The van der Waals surface area contributed by atoms with Gasteiger partial charge in [0.25, 0.3) is 5.91 Å². The summed E-state index contributed by atoms with van der Waals surface area (Å²) in [5.41, 5.74) is 2.15. The lowest BCUT2D eigenvalue weighted by Gasteiger charge is -2.43. The average Bonchev–Trinajstić information content (AvgIpc) is 2.73. The fourth-order valence-corrected chi connectivity index (χ4v) is 5.22. The van der Waals surface area contributed by atoms with Crippen LogP contribution >= 0.6 is 11.6 Å². The molecular formula is C25H27ClN2O7. The topological polar surface area (TPSA) is 170 Å². The second-order valence-corrected chi connectivity index (χ2v) is 10.8. The van der Waals surface area contributed by atoms with E-state index in [4.69, 9.17) is 17.3 Å². The maximum atomic E-state index is 13.5. The molecule has 0 heterocycles. The van der Waals surface area contributed by atoms with Gasteiger partial charge in [-0.1, -0.05) is 32.4 Å². The van der Waals surface area contributed by atoms with Gasteiger partial charge in [0.15, 0.2) is 5.60 Å². The first kappa shape index (κ1) is 25.0. The molecule has 1 amide bonds. The number of aliphatic hydroxyl groups excluding tert-OH is 2. The molecule has 0 unspecified atom stereocenters. The van der Waals surface area contributed by atoms with Crippen molar-refractivity contribution in [2.45, 2.75) is 45.8 Å². The fraction of sp³-hybridized carbons (Fsp3) is 0.400.